The number of hydrogen-bond donors (Lipinski definition) is 0. The Labute approximate surface area is 138 Å². The predicted molar refractivity (Wildman–Crippen MR) is 87.6 cm³/mol. The van der Waals surface area contributed by atoms with Crippen molar-refractivity contribution >= 4 is 28.9 Å². The fourth-order valence-electron chi connectivity index (χ4n) is 2.87. The monoisotopic (exact) mass is 321 g/mol. The lowest BCUT2D eigenvalue weighted by Crippen LogP contribution is -2.51. The maximum atomic E-state index is 12.0. The molecule has 0 atom stereocenters. The molecule has 2 fully saturated rings. The second-order valence-electron chi connectivity index (χ2n) is 5.90. The Balaban J connectivity index is 1.59. The van der Waals surface area contributed by atoms with E-state index >= 15 is 0 Å². The van der Waals surface area contributed by atoms with E-state index < -0.39 is 17.7 Å². The van der Waals surface area contributed by atoms with Crippen LogP contribution in [0.2, 0.25) is 0 Å². The van der Waals surface area contributed by atoms with Crippen LogP contribution in [0.1, 0.15) is 24.8 Å². The molecule has 0 amide bonds. The third-order valence-corrected chi connectivity index (χ3v) is 4.33. The van der Waals surface area contributed by atoms with Crippen molar-refractivity contribution in [1.29, 1.82) is 0 Å². The summed E-state index contributed by atoms with van der Waals surface area (Å²) in [5, 5.41) is 0.997. The summed E-state index contributed by atoms with van der Waals surface area (Å²) in [6.45, 7) is 0. The zero-order chi connectivity index (χ0) is 16.6. The van der Waals surface area contributed by atoms with E-state index in [0.717, 1.165) is 22.9 Å². The molecule has 0 bridgehead atoms. The van der Waals surface area contributed by atoms with Crippen LogP contribution in [0.25, 0.3) is 17.0 Å². The number of carbonyl (C=O) groups is 2. The van der Waals surface area contributed by atoms with Crippen molar-refractivity contribution in [2.24, 2.45) is 0 Å². The average molecular weight is 321 g/mol. The molecule has 1 saturated heterocycles. The Morgan fingerprint density at radius 3 is 2.50 bits per heavy atom. The van der Waals surface area contributed by atoms with E-state index in [1.165, 1.54) is 6.08 Å². The van der Waals surface area contributed by atoms with E-state index in [1.807, 2.05) is 36.4 Å². The Bertz CT molecular complexity index is 866. The van der Waals surface area contributed by atoms with Crippen molar-refractivity contribution in [3.05, 3.63) is 59.8 Å². The number of allylic oxidation sites excluding steroid dienone is 2. The summed E-state index contributed by atoms with van der Waals surface area (Å²) in [6, 6.07) is 9.64. The summed E-state index contributed by atoms with van der Waals surface area (Å²) >= 11 is 0. The standard InChI is InChI=1S/C19H15NO4/c21-17-15(18(22)24-19(23-17)10-4-11-19)7-3-5-13-9-12-20-16-8-2-1-6-14(13)16/h1-3,5-9,12H,4,10-11H2. The molecular weight excluding hydrogens is 306 g/mol. The summed E-state index contributed by atoms with van der Waals surface area (Å²) in [4.78, 5) is 28.4. The lowest BCUT2D eigenvalue weighted by atomic mass is 9.90. The molecule has 120 valence electrons. The third-order valence-electron chi connectivity index (χ3n) is 4.33. The fraction of sp³-hybridized carbons (Fsp3) is 0.211. The highest BCUT2D eigenvalue weighted by Crippen LogP contribution is 2.40. The summed E-state index contributed by atoms with van der Waals surface area (Å²) in [6.07, 6.45) is 8.69. The topological polar surface area (TPSA) is 65.5 Å². The number of hydrogen-bond acceptors (Lipinski definition) is 5. The van der Waals surface area contributed by atoms with Gasteiger partial charge >= 0.3 is 11.9 Å². The van der Waals surface area contributed by atoms with Gasteiger partial charge in [-0.25, -0.2) is 9.59 Å². The Morgan fingerprint density at radius 1 is 1.04 bits per heavy atom. The number of para-hydroxylation sites is 1. The summed E-state index contributed by atoms with van der Waals surface area (Å²) in [5.41, 5.74) is 1.75. The lowest BCUT2D eigenvalue weighted by Gasteiger charge is -2.42. The van der Waals surface area contributed by atoms with Crippen LogP contribution < -0.4 is 0 Å². The van der Waals surface area contributed by atoms with Crippen molar-refractivity contribution in [2.75, 3.05) is 0 Å². The minimum atomic E-state index is -1.00. The fourth-order valence-corrected chi connectivity index (χ4v) is 2.87. The maximum absolute atomic E-state index is 12.0. The molecule has 2 aromatic rings. The summed E-state index contributed by atoms with van der Waals surface area (Å²) in [7, 11) is 0. The molecule has 5 nitrogen and oxygen atoms in total. The van der Waals surface area contributed by atoms with Gasteiger partial charge in [-0.2, -0.15) is 0 Å². The number of benzene rings is 1. The molecule has 1 aromatic heterocycles. The van der Waals surface area contributed by atoms with Gasteiger partial charge in [0.2, 0.25) is 0 Å². The summed E-state index contributed by atoms with van der Waals surface area (Å²) < 4.78 is 10.5. The van der Waals surface area contributed by atoms with E-state index in [1.54, 1.807) is 12.3 Å². The number of esters is 2. The molecule has 4 rings (SSSR count). The van der Waals surface area contributed by atoms with Gasteiger partial charge < -0.3 is 9.47 Å². The van der Waals surface area contributed by atoms with Gasteiger partial charge in [-0.3, -0.25) is 4.98 Å². The van der Waals surface area contributed by atoms with Crippen molar-refractivity contribution in [2.45, 2.75) is 25.0 Å². The molecule has 0 radical (unpaired) electrons. The molecule has 1 spiro atoms. The number of nitrogens with zero attached hydrogens (tertiary/aromatic N) is 1. The normalized spacial score (nSPS) is 19.2. The number of pyridine rings is 1. The van der Waals surface area contributed by atoms with E-state index in [-0.39, 0.29) is 5.57 Å². The third kappa shape index (κ3) is 2.48. The minimum Gasteiger partial charge on any atom is -0.419 e. The van der Waals surface area contributed by atoms with Crippen LogP contribution in [0, 0.1) is 0 Å². The first-order chi connectivity index (χ1) is 11.7. The molecule has 1 aliphatic heterocycles. The molecule has 1 aromatic carbocycles. The molecule has 2 aliphatic rings. The van der Waals surface area contributed by atoms with Crippen molar-refractivity contribution in [3.8, 4) is 0 Å². The Morgan fingerprint density at radius 2 is 1.79 bits per heavy atom. The average Bonchev–Trinajstić information content (AvgIpc) is 2.56. The maximum Gasteiger partial charge on any atom is 0.348 e. The Hall–Kier alpha value is -2.95. The highest BCUT2D eigenvalue weighted by molar-refractivity contribution is 6.15. The quantitative estimate of drug-likeness (QED) is 0.483. The Kier molecular flexibility index (Phi) is 3.41. The van der Waals surface area contributed by atoms with Gasteiger partial charge in [0.15, 0.2) is 0 Å². The molecule has 2 heterocycles. The molecule has 0 N–H and O–H groups in total. The van der Waals surface area contributed by atoms with Crippen molar-refractivity contribution in [1.82, 2.24) is 4.98 Å². The van der Waals surface area contributed by atoms with Gasteiger partial charge in [0.25, 0.3) is 5.79 Å². The van der Waals surface area contributed by atoms with Crippen LogP contribution in [0.15, 0.2) is 54.3 Å². The van der Waals surface area contributed by atoms with E-state index in [0.29, 0.717) is 12.8 Å². The first kappa shape index (κ1) is 14.6. The molecule has 24 heavy (non-hydrogen) atoms. The molecular formula is C19H15NO4. The van der Waals surface area contributed by atoms with Gasteiger partial charge in [0, 0.05) is 24.4 Å². The molecule has 1 saturated carbocycles. The zero-order valence-corrected chi connectivity index (χ0v) is 12.9. The van der Waals surface area contributed by atoms with Crippen molar-refractivity contribution in [3.63, 3.8) is 0 Å². The van der Waals surface area contributed by atoms with Crippen LogP contribution in [-0.2, 0) is 19.1 Å². The highest BCUT2D eigenvalue weighted by Gasteiger charge is 2.50. The molecule has 5 heteroatoms. The lowest BCUT2D eigenvalue weighted by molar-refractivity contribution is -0.261. The minimum absolute atomic E-state index is 0.0814. The van der Waals surface area contributed by atoms with Gasteiger partial charge in [-0.15, -0.1) is 0 Å². The second-order valence-corrected chi connectivity index (χ2v) is 5.90. The summed E-state index contributed by atoms with van der Waals surface area (Å²) in [5.74, 6) is -2.23. The second kappa shape index (κ2) is 5.60. The van der Waals surface area contributed by atoms with Crippen molar-refractivity contribution < 1.29 is 19.1 Å². The van der Waals surface area contributed by atoms with E-state index in [4.69, 9.17) is 9.47 Å². The number of aromatic nitrogens is 1. The number of fused-ring (bicyclic) bond motifs is 1. The molecule has 1 aliphatic carbocycles. The predicted octanol–water partition coefficient (Wildman–Crippen LogP) is 3.15. The zero-order valence-electron chi connectivity index (χ0n) is 12.9. The highest BCUT2D eigenvalue weighted by atomic mass is 16.7. The first-order valence-corrected chi connectivity index (χ1v) is 7.86. The SMILES string of the molecule is O=C1OC2(CCC2)OC(=O)C1=CC=Cc1ccnc2ccccc12. The number of carbonyl (C=O) groups excluding carboxylic acids is 2. The van der Waals surface area contributed by atoms with Gasteiger partial charge in [-0.1, -0.05) is 30.4 Å². The van der Waals surface area contributed by atoms with Crippen LogP contribution in [0.5, 0.6) is 0 Å². The van der Waals surface area contributed by atoms with Gasteiger partial charge in [-0.05, 0) is 30.2 Å². The smallest absolute Gasteiger partial charge is 0.348 e. The largest absolute Gasteiger partial charge is 0.419 e. The van der Waals surface area contributed by atoms with Crippen LogP contribution in [-0.4, -0.2) is 22.7 Å². The first-order valence-electron chi connectivity index (χ1n) is 7.86. The molecule has 0 unspecified atom stereocenters. The van der Waals surface area contributed by atoms with Crippen LogP contribution >= 0.6 is 0 Å². The van der Waals surface area contributed by atoms with E-state index in [2.05, 4.69) is 4.98 Å². The van der Waals surface area contributed by atoms with E-state index in [9.17, 15) is 9.59 Å². The van der Waals surface area contributed by atoms with Crippen LogP contribution in [0.4, 0.5) is 0 Å². The number of rotatable bonds is 2. The van der Waals surface area contributed by atoms with Crippen LogP contribution in [0.3, 0.4) is 0 Å². The number of ether oxygens (including phenoxy) is 2. The van der Waals surface area contributed by atoms with Gasteiger partial charge in [0.1, 0.15) is 5.57 Å². The van der Waals surface area contributed by atoms with Gasteiger partial charge in [0.05, 0.1) is 5.52 Å².